The minimum atomic E-state index is -0.147. The van der Waals surface area contributed by atoms with Crippen molar-refractivity contribution in [3.05, 3.63) is 59.2 Å². The topological polar surface area (TPSA) is 47.6 Å². The maximum Gasteiger partial charge on any atom is 0.248 e. The number of amides is 1. The fraction of sp³-hybridized carbons (Fsp3) is 0.286. The Hall–Kier alpha value is -2.75. The highest BCUT2D eigenvalue weighted by Gasteiger charge is 2.11. The fourth-order valence-corrected chi connectivity index (χ4v) is 3.07. The SMILES string of the molecule is CCOc1ccc(/C=C/C(=O)Nc2ccc3c(c2)CCC3)cc1OC. The summed E-state index contributed by atoms with van der Waals surface area (Å²) in [5.74, 6) is 1.21. The second-order valence-electron chi connectivity index (χ2n) is 6.00. The highest BCUT2D eigenvalue weighted by atomic mass is 16.5. The molecule has 25 heavy (non-hydrogen) atoms. The normalized spacial score (nSPS) is 12.9. The van der Waals surface area contributed by atoms with Gasteiger partial charge < -0.3 is 14.8 Å². The van der Waals surface area contributed by atoms with Crippen molar-refractivity contribution in [2.75, 3.05) is 19.0 Å². The van der Waals surface area contributed by atoms with E-state index in [2.05, 4.69) is 17.4 Å². The average molecular weight is 337 g/mol. The van der Waals surface area contributed by atoms with Crippen LogP contribution in [0.3, 0.4) is 0 Å². The summed E-state index contributed by atoms with van der Waals surface area (Å²) < 4.78 is 10.8. The molecule has 4 heteroatoms. The number of nitrogens with one attached hydrogen (secondary N) is 1. The first-order chi connectivity index (χ1) is 12.2. The van der Waals surface area contributed by atoms with Crippen LogP contribution in [0.15, 0.2) is 42.5 Å². The summed E-state index contributed by atoms with van der Waals surface area (Å²) in [6.07, 6.45) is 6.74. The van der Waals surface area contributed by atoms with Crippen LogP contribution >= 0.6 is 0 Å². The molecular weight excluding hydrogens is 314 g/mol. The van der Waals surface area contributed by atoms with E-state index < -0.39 is 0 Å². The van der Waals surface area contributed by atoms with Crippen LogP contribution < -0.4 is 14.8 Å². The van der Waals surface area contributed by atoms with Gasteiger partial charge in [-0.25, -0.2) is 0 Å². The number of methoxy groups -OCH3 is 1. The van der Waals surface area contributed by atoms with E-state index in [4.69, 9.17) is 9.47 Å². The van der Waals surface area contributed by atoms with Crippen molar-refractivity contribution in [2.24, 2.45) is 0 Å². The quantitative estimate of drug-likeness (QED) is 0.802. The zero-order valence-electron chi connectivity index (χ0n) is 14.7. The summed E-state index contributed by atoms with van der Waals surface area (Å²) in [5.41, 5.74) is 4.47. The number of aryl methyl sites for hydroxylation is 2. The Bertz CT molecular complexity index is 796. The molecule has 0 spiro atoms. The molecule has 1 N–H and O–H groups in total. The zero-order chi connectivity index (χ0) is 17.6. The maximum atomic E-state index is 12.2. The Balaban J connectivity index is 1.66. The summed E-state index contributed by atoms with van der Waals surface area (Å²) in [6, 6.07) is 11.8. The van der Waals surface area contributed by atoms with Gasteiger partial charge in [0.25, 0.3) is 0 Å². The van der Waals surface area contributed by atoms with Crippen molar-refractivity contribution >= 4 is 17.7 Å². The molecule has 0 heterocycles. The van der Waals surface area contributed by atoms with Crippen molar-refractivity contribution in [3.63, 3.8) is 0 Å². The number of carbonyl (C=O) groups excluding carboxylic acids is 1. The Labute approximate surface area is 148 Å². The van der Waals surface area contributed by atoms with Gasteiger partial charge >= 0.3 is 0 Å². The van der Waals surface area contributed by atoms with Gasteiger partial charge in [-0.2, -0.15) is 0 Å². The average Bonchev–Trinajstić information content (AvgIpc) is 3.09. The summed E-state index contributed by atoms with van der Waals surface area (Å²) in [6.45, 7) is 2.51. The second kappa shape index (κ2) is 7.88. The van der Waals surface area contributed by atoms with Gasteiger partial charge in [0.1, 0.15) is 0 Å². The first kappa shape index (κ1) is 17.1. The lowest BCUT2D eigenvalue weighted by molar-refractivity contribution is -0.111. The number of ether oxygens (including phenoxy) is 2. The molecule has 3 rings (SSSR count). The number of rotatable bonds is 6. The summed E-state index contributed by atoms with van der Waals surface area (Å²) >= 11 is 0. The molecule has 1 aliphatic carbocycles. The molecule has 1 aliphatic rings. The van der Waals surface area contributed by atoms with Crippen LogP contribution in [0.1, 0.15) is 30.0 Å². The van der Waals surface area contributed by atoms with Crippen molar-refractivity contribution in [3.8, 4) is 11.5 Å². The lowest BCUT2D eigenvalue weighted by Crippen LogP contribution is -2.08. The molecule has 0 aromatic heterocycles. The summed E-state index contributed by atoms with van der Waals surface area (Å²) in [4.78, 5) is 12.2. The van der Waals surface area contributed by atoms with Gasteiger partial charge in [0.05, 0.1) is 13.7 Å². The van der Waals surface area contributed by atoms with Crippen molar-refractivity contribution in [1.82, 2.24) is 0 Å². The maximum absolute atomic E-state index is 12.2. The number of fused-ring (bicyclic) bond motifs is 1. The molecule has 0 radical (unpaired) electrons. The third-order valence-electron chi connectivity index (χ3n) is 4.28. The molecule has 130 valence electrons. The molecule has 1 amide bonds. The van der Waals surface area contributed by atoms with Crippen LogP contribution in [-0.4, -0.2) is 19.6 Å². The van der Waals surface area contributed by atoms with Crippen LogP contribution in [0, 0.1) is 0 Å². The predicted molar refractivity (Wildman–Crippen MR) is 100 cm³/mol. The Morgan fingerprint density at radius 2 is 1.96 bits per heavy atom. The number of hydrogen-bond acceptors (Lipinski definition) is 3. The van der Waals surface area contributed by atoms with Crippen LogP contribution in [0.25, 0.3) is 6.08 Å². The molecule has 2 aromatic rings. The van der Waals surface area contributed by atoms with Gasteiger partial charge in [-0.3, -0.25) is 4.79 Å². The molecule has 0 atom stereocenters. The third kappa shape index (κ3) is 4.21. The number of benzene rings is 2. The van der Waals surface area contributed by atoms with Gasteiger partial charge in [0.2, 0.25) is 5.91 Å². The van der Waals surface area contributed by atoms with Crippen LogP contribution in [0.5, 0.6) is 11.5 Å². The van der Waals surface area contributed by atoms with Gasteiger partial charge in [0, 0.05) is 11.8 Å². The first-order valence-electron chi connectivity index (χ1n) is 8.61. The molecule has 2 aromatic carbocycles. The highest BCUT2D eigenvalue weighted by Crippen LogP contribution is 2.28. The van der Waals surface area contributed by atoms with Gasteiger partial charge in [-0.15, -0.1) is 0 Å². The highest BCUT2D eigenvalue weighted by molar-refractivity contribution is 6.02. The number of hydrogen-bond donors (Lipinski definition) is 1. The van der Waals surface area contributed by atoms with Gasteiger partial charge in [0.15, 0.2) is 11.5 Å². The van der Waals surface area contributed by atoms with Gasteiger partial charge in [-0.1, -0.05) is 12.1 Å². The standard InChI is InChI=1S/C21H23NO3/c1-3-25-19-11-7-15(13-20(19)24-2)8-12-21(23)22-18-10-9-16-5-4-6-17(16)14-18/h7-14H,3-6H2,1-2H3,(H,22,23)/b12-8+. The van der Waals surface area contributed by atoms with E-state index in [0.717, 1.165) is 24.1 Å². The first-order valence-corrected chi connectivity index (χ1v) is 8.61. The van der Waals surface area contributed by atoms with Crippen molar-refractivity contribution in [1.29, 1.82) is 0 Å². The van der Waals surface area contributed by atoms with E-state index in [-0.39, 0.29) is 5.91 Å². The van der Waals surface area contributed by atoms with Crippen LogP contribution in [-0.2, 0) is 17.6 Å². The molecule has 4 nitrogen and oxygen atoms in total. The molecular formula is C21H23NO3. The van der Waals surface area contributed by atoms with E-state index in [1.54, 1.807) is 13.2 Å². The van der Waals surface area contributed by atoms with E-state index in [1.807, 2.05) is 31.2 Å². The number of carbonyl (C=O) groups is 1. The minimum Gasteiger partial charge on any atom is -0.493 e. The molecule has 0 bridgehead atoms. The third-order valence-corrected chi connectivity index (χ3v) is 4.28. The lowest BCUT2D eigenvalue weighted by atomic mass is 10.1. The van der Waals surface area contributed by atoms with E-state index in [1.165, 1.54) is 23.6 Å². The van der Waals surface area contributed by atoms with Crippen molar-refractivity contribution < 1.29 is 14.3 Å². The number of anilines is 1. The Morgan fingerprint density at radius 3 is 2.76 bits per heavy atom. The van der Waals surface area contributed by atoms with E-state index >= 15 is 0 Å². The zero-order valence-corrected chi connectivity index (χ0v) is 14.7. The lowest BCUT2D eigenvalue weighted by Gasteiger charge is -2.09. The molecule has 0 fully saturated rings. The summed E-state index contributed by atoms with van der Waals surface area (Å²) in [5, 5.41) is 2.92. The monoisotopic (exact) mass is 337 g/mol. The Morgan fingerprint density at radius 1 is 1.12 bits per heavy atom. The Kier molecular flexibility index (Phi) is 5.39. The summed E-state index contributed by atoms with van der Waals surface area (Å²) in [7, 11) is 1.60. The van der Waals surface area contributed by atoms with Crippen LogP contribution in [0.4, 0.5) is 5.69 Å². The smallest absolute Gasteiger partial charge is 0.248 e. The van der Waals surface area contributed by atoms with E-state index in [9.17, 15) is 4.79 Å². The van der Waals surface area contributed by atoms with Crippen LogP contribution in [0.2, 0.25) is 0 Å². The molecule has 0 unspecified atom stereocenters. The molecule has 0 aliphatic heterocycles. The fourth-order valence-electron chi connectivity index (χ4n) is 3.07. The van der Waals surface area contributed by atoms with Crippen molar-refractivity contribution in [2.45, 2.75) is 26.2 Å². The minimum absolute atomic E-state index is 0.147. The van der Waals surface area contributed by atoms with E-state index in [0.29, 0.717) is 18.1 Å². The molecule has 0 saturated carbocycles. The second-order valence-corrected chi connectivity index (χ2v) is 6.00. The molecule has 0 saturated heterocycles. The predicted octanol–water partition coefficient (Wildman–Crippen LogP) is 4.23. The largest absolute Gasteiger partial charge is 0.493 e. The van der Waals surface area contributed by atoms with Gasteiger partial charge in [-0.05, 0) is 73.2 Å².